The predicted octanol–water partition coefficient (Wildman–Crippen LogP) is 4.02. The Morgan fingerprint density at radius 2 is 1.36 bits per heavy atom. The highest BCUT2D eigenvalue weighted by Crippen LogP contribution is 2.30. The Bertz CT molecular complexity index is 588. The predicted molar refractivity (Wildman–Crippen MR) is 95.5 cm³/mol. The minimum Gasteiger partial charge on any atom is -0.353 e. The minimum absolute atomic E-state index is 0.0299. The molecule has 1 aromatic rings. The zero-order valence-electron chi connectivity index (χ0n) is 14.6. The molecule has 0 unspecified atom stereocenters. The fourth-order valence-electron chi connectivity index (χ4n) is 3.96. The molecule has 2 fully saturated rings. The van der Waals surface area contributed by atoms with Crippen LogP contribution in [0.3, 0.4) is 0 Å². The molecule has 25 heavy (non-hydrogen) atoms. The second-order valence-corrected chi connectivity index (χ2v) is 7.39. The van der Waals surface area contributed by atoms with E-state index in [0.717, 1.165) is 38.5 Å². The Morgan fingerprint density at radius 3 is 1.96 bits per heavy atom. The van der Waals surface area contributed by atoms with Crippen LogP contribution >= 0.6 is 0 Å². The van der Waals surface area contributed by atoms with Gasteiger partial charge in [-0.15, -0.1) is 0 Å². The van der Waals surface area contributed by atoms with Gasteiger partial charge in [0.1, 0.15) is 5.82 Å². The number of rotatable bonds is 4. The third kappa shape index (κ3) is 5.03. The fraction of sp³-hybridized carbons (Fsp3) is 0.600. The summed E-state index contributed by atoms with van der Waals surface area (Å²) in [5, 5.41) is 6.05. The zero-order chi connectivity index (χ0) is 17.6. The van der Waals surface area contributed by atoms with Crippen LogP contribution in [-0.2, 0) is 9.59 Å². The third-order valence-corrected chi connectivity index (χ3v) is 5.53. The molecule has 4 nitrogen and oxygen atoms in total. The lowest BCUT2D eigenvalue weighted by Gasteiger charge is -2.29. The summed E-state index contributed by atoms with van der Waals surface area (Å²) in [7, 11) is 0. The maximum absolute atomic E-state index is 12.9. The van der Waals surface area contributed by atoms with Crippen LogP contribution in [0.2, 0.25) is 0 Å². The Hall–Kier alpha value is -1.91. The van der Waals surface area contributed by atoms with Gasteiger partial charge in [0.05, 0.1) is 0 Å². The van der Waals surface area contributed by atoms with E-state index in [9.17, 15) is 14.0 Å². The van der Waals surface area contributed by atoms with E-state index >= 15 is 0 Å². The van der Waals surface area contributed by atoms with Crippen LogP contribution in [0.5, 0.6) is 0 Å². The van der Waals surface area contributed by atoms with Gasteiger partial charge in [0.15, 0.2) is 0 Å². The maximum Gasteiger partial charge on any atom is 0.227 e. The molecule has 0 heterocycles. The van der Waals surface area contributed by atoms with Crippen LogP contribution in [0.25, 0.3) is 0 Å². The number of carbonyl (C=O) groups is 2. The Labute approximate surface area is 148 Å². The Kier molecular flexibility index (Phi) is 6.05. The first-order valence-electron chi connectivity index (χ1n) is 9.48. The molecule has 0 spiro atoms. The molecule has 136 valence electrons. The monoisotopic (exact) mass is 346 g/mol. The number of hydrogen-bond acceptors (Lipinski definition) is 2. The summed E-state index contributed by atoms with van der Waals surface area (Å²) >= 11 is 0. The lowest BCUT2D eigenvalue weighted by Crippen LogP contribution is -2.41. The van der Waals surface area contributed by atoms with Crippen LogP contribution in [0.15, 0.2) is 24.3 Å². The second kappa shape index (κ2) is 8.45. The number of benzene rings is 1. The molecule has 0 saturated heterocycles. The SMILES string of the molecule is O=C(Nc1ccc(F)cc1)C1CCC(C(=O)NC2CCCCC2)CC1. The zero-order valence-corrected chi connectivity index (χ0v) is 14.6. The first kappa shape index (κ1) is 17.9. The van der Waals surface area contributed by atoms with Gasteiger partial charge in [-0.25, -0.2) is 4.39 Å². The maximum atomic E-state index is 12.9. The minimum atomic E-state index is -0.317. The molecule has 3 rings (SSSR count). The van der Waals surface area contributed by atoms with E-state index in [-0.39, 0.29) is 29.5 Å². The summed E-state index contributed by atoms with van der Waals surface area (Å²) in [4.78, 5) is 24.8. The van der Waals surface area contributed by atoms with E-state index in [1.165, 1.54) is 31.4 Å². The Balaban J connectivity index is 1.43. The molecule has 2 N–H and O–H groups in total. The van der Waals surface area contributed by atoms with Crippen molar-refractivity contribution in [2.45, 2.75) is 63.8 Å². The van der Waals surface area contributed by atoms with Crippen molar-refractivity contribution in [1.82, 2.24) is 5.32 Å². The van der Waals surface area contributed by atoms with Crippen LogP contribution in [0.1, 0.15) is 57.8 Å². The molecule has 0 atom stereocenters. The number of halogens is 1. The van der Waals surface area contributed by atoms with Crippen molar-refractivity contribution in [3.8, 4) is 0 Å². The number of amides is 2. The quantitative estimate of drug-likeness (QED) is 0.865. The highest BCUT2D eigenvalue weighted by Gasteiger charge is 2.31. The van der Waals surface area contributed by atoms with Gasteiger partial charge in [0, 0.05) is 23.6 Å². The summed E-state index contributed by atoms with van der Waals surface area (Å²) in [6.45, 7) is 0. The van der Waals surface area contributed by atoms with E-state index in [4.69, 9.17) is 0 Å². The van der Waals surface area contributed by atoms with Gasteiger partial charge < -0.3 is 10.6 Å². The second-order valence-electron chi connectivity index (χ2n) is 7.39. The summed E-state index contributed by atoms with van der Waals surface area (Å²) < 4.78 is 12.9. The van der Waals surface area contributed by atoms with Gasteiger partial charge in [0.2, 0.25) is 11.8 Å². The molecule has 2 aliphatic rings. The van der Waals surface area contributed by atoms with Gasteiger partial charge in [-0.05, 0) is 62.8 Å². The largest absolute Gasteiger partial charge is 0.353 e. The summed E-state index contributed by atoms with van der Waals surface area (Å²) in [5.41, 5.74) is 0.614. The fourth-order valence-corrected chi connectivity index (χ4v) is 3.96. The van der Waals surface area contributed by atoms with E-state index in [0.29, 0.717) is 11.7 Å². The number of nitrogens with one attached hydrogen (secondary N) is 2. The molecular weight excluding hydrogens is 319 g/mol. The molecule has 0 bridgehead atoms. The van der Waals surface area contributed by atoms with E-state index in [2.05, 4.69) is 10.6 Å². The third-order valence-electron chi connectivity index (χ3n) is 5.53. The normalized spacial score (nSPS) is 24.5. The van der Waals surface area contributed by atoms with Crippen molar-refractivity contribution < 1.29 is 14.0 Å². The summed E-state index contributed by atoms with van der Waals surface area (Å²) in [6, 6.07) is 6.15. The van der Waals surface area contributed by atoms with Crippen molar-refractivity contribution in [2.75, 3.05) is 5.32 Å². The van der Waals surface area contributed by atoms with E-state index in [1.807, 2.05) is 0 Å². The van der Waals surface area contributed by atoms with Crippen molar-refractivity contribution in [2.24, 2.45) is 11.8 Å². The molecule has 5 heteroatoms. The smallest absolute Gasteiger partial charge is 0.227 e. The van der Waals surface area contributed by atoms with Gasteiger partial charge in [0.25, 0.3) is 0 Å². The lowest BCUT2D eigenvalue weighted by molar-refractivity contribution is -0.129. The molecule has 2 saturated carbocycles. The van der Waals surface area contributed by atoms with Gasteiger partial charge in [-0.2, -0.15) is 0 Å². The highest BCUT2D eigenvalue weighted by molar-refractivity contribution is 5.92. The van der Waals surface area contributed by atoms with Crippen LogP contribution < -0.4 is 10.6 Å². The lowest BCUT2D eigenvalue weighted by atomic mass is 9.80. The van der Waals surface area contributed by atoms with Crippen molar-refractivity contribution in [3.05, 3.63) is 30.1 Å². The van der Waals surface area contributed by atoms with Gasteiger partial charge >= 0.3 is 0 Å². The van der Waals surface area contributed by atoms with Gasteiger partial charge in [-0.3, -0.25) is 9.59 Å². The topological polar surface area (TPSA) is 58.2 Å². The molecular formula is C20H27FN2O2. The molecule has 0 radical (unpaired) electrons. The average molecular weight is 346 g/mol. The molecule has 1 aromatic carbocycles. The number of hydrogen-bond donors (Lipinski definition) is 2. The standard InChI is InChI=1S/C20H27FN2O2/c21-16-10-12-18(13-11-16)23-20(25)15-8-6-14(7-9-15)19(24)22-17-4-2-1-3-5-17/h10-15,17H,1-9H2,(H,22,24)(H,23,25). The first-order chi connectivity index (χ1) is 12.1. The molecule has 2 amide bonds. The molecule has 0 aliphatic heterocycles. The van der Waals surface area contributed by atoms with Gasteiger partial charge in [-0.1, -0.05) is 19.3 Å². The average Bonchev–Trinajstić information content (AvgIpc) is 2.64. The van der Waals surface area contributed by atoms with Crippen molar-refractivity contribution in [3.63, 3.8) is 0 Å². The van der Waals surface area contributed by atoms with Crippen LogP contribution in [0, 0.1) is 17.7 Å². The van der Waals surface area contributed by atoms with Crippen molar-refractivity contribution in [1.29, 1.82) is 0 Å². The first-order valence-corrected chi connectivity index (χ1v) is 9.48. The summed E-state index contributed by atoms with van der Waals surface area (Å²) in [5.74, 6) is -0.204. The molecule has 0 aromatic heterocycles. The van der Waals surface area contributed by atoms with Crippen LogP contribution in [0.4, 0.5) is 10.1 Å². The highest BCUT2D eigenvalue weighted by atomic mass is 19.1. The van der Waals surface area contributed by atoms with E-state index < -0.39 is 0 Å². The van der Waals surface area contributed by atoms with Crippen molar-refractivity contribution >= 4 is 17.5 Å². The summed E-state index contributed by atoms with van der Waals surface area (Å²) in [6.07, 6.45) is 8.89. The molecule has 2 aliphatic carbocycles. The number of carbonyl (C=O) groups excluding carboxylic acids is 2. The Morgan fingerprint density at radius 1 is 0.800 bits per heavy atom. The van der Waals surface area contributed by atoms with Crippen LogP contribution in [-0.4, -0.2) is 17.9 Å². The number of anilines is 1. The van der Waals surface area contributed by atoms with E-state index in [1.54, 1.807) is 12.1 Å².